The maximum atomic E-state index is 13.1. The largest absolute Gasteiger partial charge is 0.313 e. The summed E-state index contributed by atoms with van der Waals surface area (Å²) in [5.74, 6) is -0.289. The highest BCUT2D eigenvalue weighted by molar-refractivity contribution is 8.01. The van der Waals surface area contributed by atoms with Crippen LogP contribution in [0.5, 0.6) is 0 Å². The fraction of sp³-hybridized carbons (Fsp3) is 0.105. The predicted octanol–water partition coefficient (Wildman–Crippen LogP) is 3.09. The number of imidazole rings is 1. The summed E-state index contributed by atoms with van der Waals surface area (Å²) >= 11 is 4.11. The third-order valence-corrected chi connectivity index (χ3v) is 6.92. The van der Waals surface area contributed by atoms with Crippen LogP contribution in [0, 0.1) is 6.92 Å². The molecule has 162 valence electrons. The fourth-order valence-electron chi connectivity index (χ4n) is 2.94. The molecule has 4 aromatic rings. The van der Waals surface area contributed by atoms with E-state index in [0.29, 0.717) is 20.9 Å². The van der Waals surface area contributed by atoms with Gasteiger partial charge >= 0.3 is 0 Å². The quantitative estimate of drug-likeness (QED) is 0.353. The Bertz CT molecular complexity index is 1320. The minimum Gasteiger partial charge on any atom is -0.313 e. The van der Waals surface area contributed by atoms with Gasteiger partial charge < -0.3 is 14.7 Å². The van der Waals surface area contributed by atoms with Gasteiger partial charge in [-0.3, -0.25) is 9.89 Å². The zero-order valence-electron chi connectivity index (χ0n) is 16.9. The van der Waals surface area contributed by atoms with E-state index in [1.165, 1.54) is 41.8 Å². The molecule has 10 nitrogen and oxygen atoms in total. The van der Waals surface area contributed by atoms with Gasteiger partial charge in [0.2, 0.25) is 0 Å². The molecule has 5 rings (SSSR count). The van der Waals surface area contributed by atoms with Crippen molar-refractivity contribution in [2.75, 3.05) is 7.05 Å². The summed E-state index contributed by atoms with van der Waals surface area (Å²) in [5, 5.41) is 13.3. The summed E-state index contributed by atoms with van der Waals surface area (Å²) in [7, 11) is 1.86. The van der Waals surface area contributed by atoms with Crippen molar-refractivity contribution in [3.63, 3.8) is 0 Å². The van der Waals surface area contributed by atoms with Gasteiger partial charge in [0.05, 0.1) is 5.69 Å². The number of amides is 1. The Hall–Kier alpha value is -3.00. The van der Waals surface area contributed by atoms with E-state index in [1.807, 2.05) is 55.0 Å². The van der Waals surface area contributed by atoms with Gasteiger partial charge in [0, 0.05) is 35.4 Å². The first-order valence-electron chi connectivity index (χ1n) is 9.39. The molecule has 3 N–H and O–H groups in total. The maximum Gasteiger partial charge on any atom is 0.275 e. The minimum atomic E-state index is -0.289. The molecule has 0 saturated carbocycles. The van der Waals surface area contributed by atoms with Gasteiger partial charge in [0.25, 0.3) is 5.91 Å². The molecule has 32 heavy (non-hydrogen) atoms. The molecule has 0 aromatic carbocycles. The number of aromatic amines is 1. The van der Waals surface area contributed by atoms with E-state index >= 15 is 0 Å². The van der Waals surface area contributed by atoms with E-state index in [2.05, 4.69) is 35.3 Å². The molecular weight excluding hydrogens is 466 g/mol. The number of nitrogens with one attached hydrogen (secondary N) is 3. The van der Waals surface area contributed by atoms with Gasteiger partial charge in [-0.2, -0.15) is 9.93 Å². The average molecular weight is 484 g/mol. The lowest BCUT2D eigenvalue weighted by Crippen LogP contribution is -2.23. The smallest absolute Gasteiger partial charge is 0.275 e. The first-order chi connectivity index (χ1) is 15.5. The third-order valence-electron chi connectivity index (χ3n) is 4.26. The van der Waals surface area contributed by atoms with E-state index in [4.69, 9.17) is 0 Å². The van der Waals surface area contributed by atoms with Crippen LogP contribution in [-0.2, 0) is 0 Å². The Morgan fingerprint density at radius 1 is 1.16 bits per heavy atom. The van der Waals surface area contributed by atoms with E-state index in [-0.39, 0.29) is 5.91 Å². The molecule has 0 saturated heterocycles. The third kappa shape index (κ3) is 4.60. The monoisotopic (exact) mass is 483 g/mol. The molecule has 5 heterocycles. The molecule has 1 amide bonds. The maximum absolute atomic E-state index is 13.1. The van der Waals surface area contributed by atoms with Crippen LogP contribution in [0.4, 0.5) is 0 Å². The number of fused-ring (bicyclic) bond motifs is 1. The highest BCUT2D eigenvalue weighted by atomic mass is 32.2. The van der Waals surface area contributed by atoms with E-state index < -0.39 is 0 Å². The van der Waals surface area contributed by atoms with Crippen molar-refractivity contribution in [2.45, 2.75) is 26.9 Å². The van der Waals surface area contributed by atoms with Gasteiger partial charge in [-0.05, 0) is 54.9 Å². The molecule has 0 bridgehead atoms. The van der Waals surface area contributed by atoms with Gasteiger partial charge in [-0.25, -0.2) is 15.0 Å². The number of aryl methyl sites for hydroxylation is 1. The Balaban J connectivity index is 1.46. The van der Waals surface area contributed by atoms with Crippen molar-refractivity contribution >= 4 is 47.0 Å². The zero-order valence-corrected chi connectivity index (χ0v) is 19.4. The van der Waals surface area contributed by atoms with Crippen LogP contribution < -0.4 is 10.1 Å². The number of pyridine rings is 2. The molecule has 13 heteroatoms. The predicted molar refractivity (Wildman–Crippen MR) is 123 cm³/mol. The lowest BCUT2D eigenvalue weighted by atomic mass is 10.3. The molecule has 1 aliphatic rings. The number of hydrazine groups is 1. The first kappa shape index (κ1) is 20.9. The lowest BCUT2D eigenvalue weighted by molar-refractivity contribution is 0.0960. The SMILES string of the molecule is Cc1cn2cc(Sc3ccc(Sc4ncn[nH]4)nc3C(=O)NC3=CN(C)NS3)ccc2n1. The van der Waals surface area contributed by atoms with Gasteiger partial charge in [0.15, 0.2) is 5.16 Å². The number of hydrogen-bond acceptors (Lipinski definition) is 10. The van der Waals surface area contributed by atoms with E-state index in [1.54, 1.807) is 11.2 Å². The number of H-pyrrole nitrogens is 1. The summed E-state index contributed by atoms with van der Waals surface area (Å²) in [6.45, 7) is 1.96. The number of aromatic nitrogens is 6. The normalized spacial score (nSPS) is 13.6. The molecule has 0 unspecified atom stereocenters. The van der Waals surface area contributed by atoms with E-state index in [9.17, 15) is 4.79 Å². The van der Waals surface area contributed by atoms with Crippen LogP contribution in [0.15, 0.2) is 74.2 Å². The van der Waals surface area contributed by atoms with Gasteiger partial charge in [-0.1, -0.05) is 11.8 Å². The van der Waals surface area contributed by atoms with Crippen LogP contribution in [0.3, 0.4) is 0 Å². The lowest BCUT2D eigenvalue weighted by Gasteiger charge is -2.11. The Morgan fingerprint density at radius 2 is 2.06 bits per heavy atom. The van der Waals surface area contributed by atoms with Gasteiger partial charge in [0.1, 0.15) is 27.7 Å². The van der Waals surface area contributed by atoms with Crippen LogP contribution in [-0.4, -0.2) is 47.5 Å². The van der Waals surface area contributed by atoms with E-state index in [0.717, 1.165) is 21.1 Å². The van der Waals surface area contributed by atoms with Crippen molar-refractivity contribution in [1.82, 2.24) is 44.7 Å². The van der Waals surface area contributed by atoms with Crippen LogP contribution in [0.2, 0.25) is 0 Å². The van der Waals surface area contributed by atoms with Crippen molar-refractivity contribution in [2.24, 2.45) is 0 Å². The Labute approximate surface area is 195 Å². The highest BCUT2D eigenvalue weighted by Crippen LogP contribution is 2.33. The zero-order chi connectivity index (χ0) is 22.1. The van der Waals surface area contributed by atoms with Gasteiger partial charge in [-0.15, -0.1) is 0 Å². The molecule has 4 aromatic heterocycles. The number of hydrogen-bond donors (Lipinski definition) is 3. The summed E-state index contributed by atoms with van der Waals surface area (Å²) in [5.41, 5.74) is 2.16. The second kappa shape index (κ2) is 8.86. The highest BCUT2D eigenvalue weighted by Gasteiger charge is 2.20. The molecule has 0 atom stereocenters. The fourth-order valence-corrected chi connectivity index (χ4v) is 5.18. The average Bonchev–Trinajstić information content (AvgIpc) is 3.50. The standard InChI is InChI=1S/C19H17N9OS3/c1-11-7-28-8-12(3-5-14(28)22-11)30-13-4-6-15(31-19-20-10-21-25-19)23-17(13)18(29)24-16-9-27(2)26-32-16/h3-10,26H,1-2H3,(H,24,29)(H,20,21,25). The molecule has 1 aliphatic heterocycles. The number of rotatable bonds is 6. The number of carbonyl (C=O) groups is 1. The number of carbonyl (C=O) groups excluding carboxylic acids is 1. The van der Waals surface area contributed by atoms with Crippen LogP contribution in [0.1, 0.15) is 16.2 Å². The molecule has 0 radical (unpaired) electrons. The van der Waals surface area contributed by atoms with Crippen LogP contribution in [0.25, 0.3) is 5.65 Å². The van der Waals surface area contributed by atoms with Crippen molar-refractivity contribution in [3.05, 3.63) is 65.6 Å². The van der Waals surface area contributed by atoms with Crippen molar-refractivity contribution in [1.29, 1.82) is 0 Å². The summed E-state index contributed by atoms with van der Waals surface area (Å²) in [6.07, 6.45) is 7.20. The topological polar surface area (TPSA) is 116 Å². The molecule has 0 spiro atoms. The molecular formula is C19H17N9OS3. The summed E-state index contributed by atoms with van der Waals surface area (Å²) < 4.78 is 1.97. The summed E-state index contributed by atoms with van der Waals surface area (Å²) in [6, 6.07) is 7.71. The Kier molecular flexibility index (Phi) is 5.78. The molecule has 0 fully saturated rings. The Morgan fingerprint density at radius 3 is 2.84 bits per heavy atom. The van der Waals surface area contributed by atoms with Crippen LogP contribution >= 0.6 is 35.5 Å². The minimum absolute atomic E-state index is 0.289. The first-order valence-corrected chi connectivity index (χ1v) is 11.8. The van der Waals surface area contributed by atoms with Crippen molar-refractivity contribution < 1.29 is 4.79 Å². The molecule has 0 aliphatic carbocycles. The second-order valence-corrected chi connectivity index (χ2v) is 9.71. The number of nitrogens with zero attached hydrogens (tertiary/aromatic N) is 6. The van der Waals surface area contributed by atoms with Crippen molar-refractivity contribution in [3.8, 4) is 0 Å². The summed E-state index contributed by atoms with van der Waals surface area (Å²) in [4.78, 5) is 31.1. The second-order valence-electron chi connectivity index (χ2n) is 6.76.